The Balaban J connectivity index is 2.34. The number of carbonyl (C=O) groups is 1. The zero-order valence-electron chi connectivity index (χ0n) is 14.0. The van der Waals surface area contributed by atoms with Crippen LogP contribution < -0.4 is 14.9 Å². The molecule has 0 spiro atoms. The smallest absolute Gasteiger partial charge is 0.481 e. The average Bonchev–Trinajstić information content (AvgIpc) is 2.68. The van der Waals surface area contributed by atoms with E-state index < -0.39 is 17.2 Å². The van der Waals surface area contributed by atoms with Crippen LogP contribution in [0.25, 0.3) is 11.1 Å². The molecule has 1 aromatic carbocycles. The highest BCUT2D eigenvalue weighted by atomic mass is 16.7. The number of rotatable bonds is 3. The summed E-state index contributed by atoms with van der Waals surface area (Å²) in [5, 5.41) is 0. The van der Waals surface area contributed by atoms with E-state index >= 15 is 0 Å². The molecule has 1 heterocycles. The number of carbonyl (C=O) groups excluding carboxylic acids is 1. The molecule has 1 aromatic heterocycles. The molecular weight excluding hydrogens is 310 g/mol. The molecule has 126 valence electrons. The first kappa shape index (κ1) is 17.5. The molecule has 0 unspecified atom stereocenters. The molecule has 2 aromatic rings. The third-order valence-electron chi connectivity index (χ3n) is 2.91. The van der Waals surface area contributed by atoms with Crippen molar-refractivity contribution in [1.82, 2.24) is 4.98 Å². The summed E-state index contributed by atoms with van der Waals surface area (Å²) in [6, 6.07) is 9.62. The Morgan fingerprint density at radius 3 is 2.42 bits per heavy atom. The second-order valence-corrected chi connectivity index (χ2v) is 6.01. The van der Waals surface area contributed by atoms with E-state index in [0.29, 0.717) is 11.4 Å². The minimum atomic E-state index is -0.926. The largest absolute Gasteiger partial charge is 0.514 e. The lowest BCUT2D eigenvalue weighted by atomic mass is 10.1. The average molecular weight is 329 g/mol. The van der Waals surface area contributed by atoms with E-state index in [9.17, 15) is 9.59 Å². The molecular formula is C18H19NO5. The van der Waals surface area contributed by atoms with Crippen LogP contribution in [0.3, 0.4) is 0 Å². The van der Waals surface area contributed by atoms with Crippen LogP contribution in [0.5, 0.6) is 11.6 Å². The van der Waals surface area contributed by atoms with Gasteiger partial charge in [-0.15, -0.1) is 0 Å². The molecule has 24 heavy (non-hydrogen) atoms. The number of pyridine rings is 1. The number of methoxy groups -OCH3 is 1. The van der Waals surface area contributed by atoms with Gasteiger partial charge in [-0.25, -0.2) is 9.78 Å². The quantitative estimate of drug-likeness (QED) is 0.803. The fourth-order valence-corrected chi connectivity index (χ4v) is 1.87. The van der Waals surface area contributed by atoms with Gasteiger partial charge in [0.2, 0.25) is 11.3 Å². The molecule has 6 heteroatoms. The molecule has 6 nitrogen and oxygen atoms in total. The number of ether oxygens (including phenoxy) is 3. The predicted octanol–water partition coefficient (Wildman–Crippen LogP) is 3.43. The van der Waals surface area contributed by atoms with Crippen LogP contribution in [-0.2, 0) is 4.74 Å². The number of hydrogen-bond acceptors (Lipinski definition) is 6. The second-order valence-electron chi connectivity index (χ2n) is 6.01. The molecule has 0 saturated heterocycles. The maximum Gasteiger partial charge on any atom is 0.514 e. The molecule has 0 fully saturated rings. The van der Waals surface area contributed by atoms with Crippen molar-refractivity contribution in [3.05, 3.63) is 52.8 Å². The van der Waals surface area contributed by atoms with Crippen LogP contribution in [0.4, 0.5) is 4.79 Å². The van der Waals surface area contributed by atoms with E-state index in [1.807, 2.05) is 0 Å². The summed E-state index contributed by atoms with van der Waals surface area (Å²) in [7, 11) is 1.53. The van der Waals surface area contributed by atoms with Crippen molar-refractivity contribution >= 4 is 6.16 Å². The van der Waals surface area contributed by atoms with Gasteiger partial charge in [0, 0.05) is 17.8 Å². The Bertz CT molecular complexity index is 779. The summed E-state index contributed by atoms with van der Waals surface area (Å²) >= 11 is 0. The van der Waals surface area contributed by atoms with Gasteiger partial charge in [0.15, 0.2) is 5.75 Å². The third-order valence-corrected chi connectivity index (χ3v) is 2.91. The molecule has 2 rings (SSSR count). The molecule has 0 aliphatic heterocycles. The Morgan fingerprint density at radius 2 is 1.83 bits per heavy atom. The lowest BCUT2D eigenvalue weighted by Crippen LogP contribution is -2.26. The Labute approximate surface area is 140 Å². The van der Waals surface area contributed by atoms with Gasteiger partial charge in [-0.05, 0) is 44.5 Å². The van der Waals surface area contributed by atoms with E-state index in [4.69, 9.17) is 14.2 Å². The maximum absolute atomic E-state index is 12.0. The SMILES string of the molecule is COc1ccc(-c2cccc(=O)c(OC(=O)OC(C)(C)C)c2)cn1. The first-order valence-electron chi connectivity index (χ1n) is 7.34. The molecule has 0 atom stereocenters. The van der Waals surface area contributed by atoms with Crippen LogP contribution in [0.15, 0.2) is 47.4 Å². The Kier molecular flexibility index (Phi) is 5.18. The monoisotopic (exact) mass is 329 g/mol. The van der Waals surface area contributed by atoms with Crippen molar-refractivity contribution in [1.29, 1.82) is 0 Å². The topological polar surface area (TPSA) is 74.7 Å². The van der Waals surface area contributed by atoms with Crippen LogP contribution >= 0.6 is 0 Å². The fourth-order valence-electron chi connectivity index (χ4n) is 1.87. The summed E-state index contributed by atoms with van der Waals surface area (Å²) in [5.74, 6) is 0.369. The van der Waals surface area contributed by atoms with E-state index in [-0.39, 0.29) is 5.75 Å². The second kappa shape index (κ2) is 7.12. The van der Waals surface area contributed by atoms with Crippen molar-refractivity contribution in [2.75, 3.05) is 7.11 Å². The first-order valence-corrected chi connectivity index (χ1v) is 7.34. The van der Waals surface area contributed by atoms with Crippen molar-refractivity contribution in [3.8, 4) is 22.8 Å². The zero-order chi connectivity index (χ0) is 17.7. The van der Waals surface area contributed by atoms with Crippen LogP contribution in [0.1, 0.15) is 20.8 Å². The fraction of sp³-hybridized carbons (Fsp3) is 0.278. The summed E-state index contributed by atoms with van der Waals surface area (Å²) in [4.78, 5) is 28.0. The Hall–Kier alpha value is -2.89. The summed E-state index contributed by atoms with van der Waals surface area (Å²) in [5.41, 5.74) is 0.291. The van der Waals surface area contributed by atoms with Crippen molar-refractivity contribution in [2.45, 2.75) is 26.4 Å². The maximum atomic E-state index is 12.0. The Morgan fingerprint density at radius 1 is 1.08 bits per heavy atom. The molecule has 0 radical (unpaired) electrons. The van der Waals surface area contributed by atoms with E-state index in [2.05, 4.69) is 4.98 Å². The van der Waals surface area contributed by atoms with Crippen LogP contribution in [0.2, 0.25) is 0 Å². The highest BCUT2D eigenvalue weighted by Gasteiger charge is 2.19. The summed E-state index contributed by atoms with van der Waals surface area (Å²) in [6.45, 7) is 5.14. The molecule has 0 amide bonds. The molecule has 0 N–H and O–H groups in total. The van der Waals surface area contributed by atoms with Gasteiger partial charge >= 0.3 is 6.16 Å². The van der Waals surface area contributed by atoms with E-state index in [1.54, 1.807) is 51.2 Å². The van der Waals surface area contributed by atoms with Crippen molar-refractivity contribution < 1.29 is 19.0 Å². The highest BCUT2D eigenvalue weighted by Crippen LogP contribution is 2.22. The number of nitrogens with zero attached hydrogens (tertiary/aromatic N) is 1. The zero-order valence-corrected chi connectivity index (χ0v) is 14.0. The first-order chi connectivity index (χ1) is 11.3. The molecule has 0 aliphatic carbocycles. The van der Waals surface area contributed by atoms with Gasteiger partial charge in [0.05, 0.1) is 7.11 Å². The summed E-state index contributed by atoms with van der Waals surface area (Å²) in [6.07, 6.45) is 0.681. The number of hydrogen-bond donors (Lipinski definition) is 0. The highest BCUT2D eigenvalue weighted by molar-refractivity contribution is 5.67. The van der Waals surface area contributed by atoms with Gasteiger partial charge in [-0.1, -0.05) is 12.1 Å². The van der Waals surface area contributed by atoms with Crippen molar-refractivity contribution in [2.24, 2.45) is 0 Å². The van der Waals surface area contributed by atoms with Gasteiger partial charge in [0.1, 0.15) is 5.60 Å². The van der Waals surface area contributed by atoms with E-state index in [0.717, 1.165) is 5.56 Å². The lowest BCUT2D eigenvalue weighted by Gasteiger charge is -2.18. The van der Waals surface area contributed by atoms with Crippen molar-refractivity contribution in [3.63, 3.8) is 0 Å². The minimum absolute atomic E-state index is 0.111. The number of aromatic nitrogens is 1. The minimum Gasteiger partial charge on any atom is -0.481 e. The lowest BCUT2D eigenvalue weighted by molar-refractivity contribution is 0.0204. The normalized spacial score (nSPS) is 10.8. The molecule has 0 aliphatic rings. The van der Waals surface area contributed by atoms with Gasteiger partial charge in [0.25, 0.3) is 0 Å². The van der Waals surface area contributed by atoms with Crippen LogP contribution in [0, 0.1) is 0 Å². The van der Waals surface area contributed by atoms with Gasteiger partial charge in [-0.2, -0.15) is 0 Å². The van der Waals surface area contributed by atoms with Gasteiger partial charge in [-0.3, -0.25) is 4.79 Å². The van der Waals surface area contributed by atoms with E-state index in [1.165, 1.54) is 19.2 Å². The molecule has 0 bridgehead atoms. The summed E-state index contributed by atoms with van der Waals surface area (Å²) < 4.78 is 15.2. The predicted molar refractivity (Wildman–Crippen MR) is 89.4 cm³/mol. The standard InChI is InChI=1S/C18H19NO5/c1-18(2,3)24-17(21)23-15-10-12(6-5-7-14(15)20)13-8-9-16(22-4)19-11-13/h5-11H,1-4H3. The van der Waals surface area contributed by atoms with Gasteiger partial charge < -0.3 is 14.2 Å². The van der Waals surface area contributed by atoms with Crippen LogP contribution in [-0.4, -0.2) is 23.9 Å². The molecule has 0 saturated carbocycles. The third kappa shape index (κ3) is 4.81.